The van der Waals surface area contributed by atoms with Crippen molar-refractivity contribution in [3.63, 3.8) is 0 Å². The zero-order valence-corrected chi connectivity index (χ0v) is 17.1. The standard InChI is InChI=1S/C22H30FN5O/c1-16-21(25-26-28(16)20-10-13-24-14-11-20)22(29)27(19-4-2-3-5-19)15-12-17-6-8-18(23)9-7-17/h6-9,19-20,24H,2-5,10-15H2,1H3. The van der Waals surface area contributed by atoms with Gasteiger partial charge in [-0.1, -0.05) is 30.2 Å². The van der Waals surface area contributed by atoms with Gasteiger partial charge in [-0.3, -0.25) is 4.79 Å². The molecule has 1 saturated carbocycles. The summed E-state index contributed by atoms with van der Waals surface area (Å²) in [4.78, 5) is 15.4. The molecule has 1 N–H and O–H groups in total. The highest BCUT2D eigenvalue weighted by Gasteiger charge is 2.31. The molecule has 6 nitrogen and oxygen atoms in total. The van der Waals surface area contributed by atoms with E-state index in [9.17, 15) is 9.18 Å². The third kappa shape index (κ3) is 4.50. The minimum absolute atomic E-state index is 0.0169. The first-order valence-corrected chi connectivity index (χ1v) is 10.8. The predicted octanol–water partition coefficient (Wildman–Crippen LogP) is 3.28. The summed E-state index contributed by atoms with van der Waals surface area (Å²) < 4.78 is 15.1. The molecule has 2 aromatic rings. The maximum Gasteiger partial charge on any atom is 0.276 e. The van der Waals surface area contributed by atoms with E-state index in [2.05, 4.69) is 15.6 Å². The highest BCUT2D eigenvalue weighted by molar-refractivity contribution is 5.93. The number of benzene rings is 1. The number of halogens is 1. The molecule has 1 aliphatic carbocycles. The monoisotopic (exact) mass is 399 g/mol. The van der Waals surface area contributed by atoms with Crippen LogP contribution < -0.4 is 5.32 Å². The highest BCUT2D eigenvalue weighted by atomic mass is 19.1. The Balaban J connectivity index is 1.51. The largest absolute Gasteiger partial charge is 0.334 e. The van der Waals surface area contributed by atoms with Crippen molar-refractivity contribution in [2.75, 3.05) is 19.6 Å². The van der Waals surface area contributed by atoms with Crippen molar-refractivity contribution in [2.45, 2.75) is 64.0 Å². The van der Waals surface area contributed by atoms with Gasteiger partial charge in [-0.25, -0.2) is 9.07 Å². The van der Waals surface area contributed by atoms with Gasteiger partial charge in [-0.2, -0.15) is 0 Å². The molecule has 2 fully saturated rings. The minimum atomic E-state index is -0.234. The fourth-order valence-corrected chi connectivity index (χ4v) is 4.64. The molecule has 1 aliphatic heterocycles. The van der Waals surface area contributed by atoms with Crippen LogP contribution in [0.15, 0.2) is 24.3 Å². The molecule has 7 heteroatoms. The minimum Gasteiger partial charge on any atom is -0.334 e. The van der Waals surface area contributed by atoms with Crippen molar-refractivity contribution in [3.8, 4) is 0 Å². The van der Waals surface area contributed by atoms with E-state index in [1.807, 2.05) is 16.5 Å². The maximum atomic E-state index is 13.5. The Bertz CT molecular complexity index is 822. The van der Waals surface area contributed by atoms with Crippen LogP contribution in [0.3, 0.4) is 0 Å². The first-order chi connectivity index (χ1) is 14.1. The summed E-state index contributed by atoms with van der Waals surface area (Å²) in [5.41, 5.74) is 2.39. The molecule has 0 bridgehead atoms. The van der Waals surface area contributed by atoms with E-state index in [4.69, 9.17) is 0 Å². The predicted molar refractivity (Wildman–Crippen MR) is 109 cm³/mol. The Hall–Kier alpha value is -2.28. The summed E-state index contributed by atoms with van der Waals surface area (Å²) >= 11 is 0. The second kappa shape index (κ2) is 9.03. The third-order valence-electron chi connectivity index (χ3n) is 6.37. The van der Waals surface area contributed by atoms with Crippen molar-refractivity contribution in [1.29, 1.82) is 0 Å². The zero-order valence-electron chi connectivity index (χ0n) is 17.1. The van der Waals surface area contributed by atoms with Gasteiger partial charge in [0, 0.05) is 12.6 Å². The molecule has 0 spiro atoms. The molecular weight excluding hydrogens is 369 g/mol. The van der Waals surface area contributed by atoms with E-state index in [-0.39, 0.29) is 17.8 Å². The van der Waals surface area contributed by atoms with Crippen molar-refractivity contribution in [3.05, 3.63) is 47.0 Å². The first kappa shape index (κ1) is 20.0. The number of amides is 1. The number of nitrogens with one attached hydrogen (secondary N) is 1. The summed E-state index contributed by atoms with van der Waals surface area (Å²) in [5.74, 6) is -0.251. The average Bonchev–Trinajstić information content (AvgIpc) is 3.40. The number of rotatable bonds is 6. The van der Waals surface area contributed by atoms with E-state index in [0.717, 1.165) is 62.9 Å². The highest BCUT2D eigenvalue weighted by Crippen LogP contribution is 2.27. The molecule has 1 aromatic heterocycles. The summed E-state index contributed by atoms with van der Waals surface area (Å²) in [5, 5.41) is 12.0. The lowest BCUT2D eigenvalue weighted by Crippen LogP contribution is -2.40. The molecule has 0 unspecified atom stereocenters. The van der Waals surface area contributed by atoms with Gasteiger partial charge in [0.2, 0.25) is 0 Å². The van der Waals surface area contributed by atoms with E-state index in [1.54, 1.807) is 12.1 Å². The second-order valence-electron chi connectivity index (χ2n) is 8.26. The van der Waals surface area contributed by atoms with Crippen LogP contribution in [0.5, 0.6) is 0 Å². The fraction of sp³-hybridized carbons (Fsp3) is 0.591. The Morgan fingerprint density at radius 2 is 1.86 bits per heavy atom. The summed E-state index contributed by atoms with van der Waals surface area (Å²) in [7, 11) is 0. The van der Waals surface area contributed by atoms with Crippen LogP contribution in [0.1, 0.15) is 66.3 Å². The van der Waals surface area contributed by atoms with Gasteiger partial charge in [0.25, 0.3) is 5.91 Å². The molecule has 2 aliphatic rings. The van der Waals surface area contributed by atoms with Crippen LogP contribution in [0, 0.1) is 12.7 Å². The summed E-state index contributed by atoms with van der Waals surface area (Å²) in [6.45, 7) is 4.52. The smallest absolute Gasteiger partial charge is 0.276 e. The Morgan fingerprint density at radius 1 is 1.17 bits per heavy atom. The third-order valence-corrected chi connectivity index (χ3v) is 6.37. The molecule has 1 aromatic carbocycles. The van der Waals surface area contributed by atoms with Crippen LogP contribution in [0.2, 0.25) is 0 Å². The van der Waals surface area contributed by atoms with Gasteiger partial charge < -0.3 is 10.2 Å². The lowest BCUT2D eigenvalue weighted by atomic mass is 10.1. The second-order valence-corrected chi connectivity index (χ2v) is 8.26. The van der Waals surface area contributed by atoms with Crippen LogP contribution in [-0.2, 0) is 6.42 Å². The van der Waals surface area contributed by atoms with Crippen LogP contribution in [0.25, 0.3) is 0 Å². The van der Waals surface area contributed by atoms with Gasteiger partial charge in [-0.15, -0.1) is 5.10 Å². The number of piperidine rings is 1. The first-order valence-electron chi connectivity index (χ1n) is 10.8. The van der Waals surface area contributed by atoms with E-state index in [0.29, 0.717) is 24.7 Å². The molecule has 156 valence electrons. The summed E-state index contributed by atoms with van der Waals surface area (Å²) in [6.07, 6.45) is 7.12. The number of carbonyl (C=O) groups excluding carboxylic acids is 1. The lowest BCUT2D eigenvalue weighted by Gasteiger charge is -2.29. The molecule has 1 saturated heterocycles. The van der Waals surface area contributed by atoms with Gasteiger partial charge in [0.05, 0.1) is 11.7 Å². The van der Waals surface area contributed by atoms with Crippen molar-refractivity contribution < 1.29 is 9.18 Å². The fourth-order valence-electron chi connectivity index (χ4n) is 4.64. The molecule has 0 radical (unpaired) electrons. The van der Waals surface area contributed by atoms with Crippen molar-refractivity contribution in [1.82, 2.24) is 25.2 Å². The topological polar surface area (TPSA) is 63.1 Å². The molecule has 1 amide bonds. The van der Waals surface area contributed by atoms with Crippen LogP contribution in [-0.4, -0.2) is 51.5 Å². The van der Waals surface area contributed by atoms with Crippen molar-refractivity contribution in [2.24, 2.45) is 0 Å². The van der Waals surface area contributed by atoms with E-state index >= 15 is 0 Å². The SMILES string of the molecule is Cc1c(C(=O)N(CCc2ccc(F)cc2)C2CCCC2)nnn1C1CCNCC1. The molecule has 4 rings (SSSR count). The number of hydrogen-bond acceptors (Lipinski definition) is 4. The Labute approximate surface area is 171 Å². The van der Waals surface area contributed by atoms with Gasteiger partial charge in [0.1, 0.15) is 5.82 Å². The van der Waals surface area contributed by atoms with E-state index < -0.39 is 0 Å². The molecular formula is C22H30FN5O. The lowest BCUT2D eigenvalue weighted by molar-refractivity contribution is 0.0677. The maximum absolute atomic E-state index is 13.5. The quantitative estimate of drug-likeness (QED) is 0.810. The number of hydrogen-bond donors (Lipinski definition) is 1. The van der Waals surface area contributed by atoms with Crippen molar-refractivity contribution >= 4 is 5.91 Å². The Morgan fingerprint density at radius 3 is 2.55 bits per heavy atom. The number of carbonyl (C=O) groups is 1. The number of nitrogens with zero attached hydrogens (tertiary/aromatic N) is 4. The van der Waals surface area contributed by atoms with Crippen LogP contribution >= 0.6 is 0 Å². The van der Waals surface area contributed by atoms with Crippen LogP contribution in [0.4, 0.5) is 4.39 Å². The van der Waals surface area contributed by atoms with Gasteiger partial charge in [0.15, 0.2) is 5.69 Å². The molecule has 0 atom stereocenters. The normalized spacial score (nSPS) is 18.3. The van der Waals surface area contributed by atoms with E-state index in [1.165, 1.54) is 12.1 Å². The molecule has 29 heavy (non-hydrogen) atoms. The number of aromatic nitrogens is 3. The van der Waals surface area contributed by atoms with Gasteiger partial charge >= 0.3 is 0 Å². The average molecular weight is 400 g/mol. The summed E-state index contributed by atoms with van der Waals surface area (Å²) in [6, 6.07) is 7.12. The Kier molecular flexibility index (Phi) is 6.23. The molecule has 2 heterocycles. The zero-order chi connectivity index (χ0) is 20.2. The van der Waals surface area contributed by atoms with Gasteiger partial charge in [-0.05, 0) is 69.8 Å².